The molecule has 0 aliphatic rings. The van der Waals surface area contributed by atoms with Crippen molar-refractivity contribution in [1.82, 2.24) is 0 Å². The molecule has 1 atom stereocenters. The van der Waals surface area contributed by atoms with Crippen LogP contribution in [-0.2, 0) is 0 Å². The van der Waals surface area contributed by atoms with Crippen molar-refractivity contribution in [3.63, 3.8) is 0 Å². The molecule has 4 nitrogen and oxygen atoms in total. The number of hydrogen-bond acceptors (Lipinski definition) is 4. The zero-order valence-corrected chi connectivity index (χ0v) is 6.74. The van der Waals surface area contributed by atoms with Crippen LogP contribution in [0.25, 0.3) is 0 Å². The third-order valence-electron chi connectivity index (χ3n) is 1.72. The van der Waals surface area contributed by atoms with E-state index < -0.39 is 30.0 Å². The maximum absolute atomic E-state index is 12.9. The first-order valence-corrected chi connectivity index (χ1v) is 3.64. The second kappa shape index (κ2) is 3.59. The molecule has 0 aromatic heterocycles. The molecule has 5 heteroatoms. The molecule has 0 saturated carbocycles. The van der Waals surface area contributed by atoms with Crippen LogP contribution in [0.15, 0.2) is 12.1 Å². The van der Waals surface area contributed by atoms with E-state index in [-0.39, 0.29) is 5.56 Å². The zero-order valence-electron chi connectivity index (χ0n) is 6.74. The molecule has 1 unspecified atom stereocenters. The van der Waals surface area contributed by atoms with Crippen molar-refractivity contribution in [1.29, 1.82) is 0 Å². The smallest absolute Gasteiger partial charge is 0.206 e. The quantitative estimate of drug-likeness (QED) is 0.533. The number of aliphatic hydroxyl groups is 1. The number of phenols is 2. The van der Waals surface area contributed by atoms with E-state index in [1.54, 1.807) is 0 Å². The Morgan fingerprint density at radius 3 is 2.54 bits per heavy atom. The molecule has 0 aliphatic heterocycles. The van der Waals surface area contributed by atoms with Crippen LogP contribution in [0.1, 0.15) is 11.6 Å². The fourth-order valence-corrected chi connectivity index (χ4v) is 0.966. The van der Waals surface area contributed by atoms with Crippen LogP contribution < -0.4 is 5.73 Å². The summed E-state index contributed by atoms with van der Waals surface area (Å²) in [4.78, 5) is 0. The Labute approximate surface area is 74.0 Å². The van der Waals surface area contributed by atoms with Crippen molar-refractivity contribution in [2.24, 2.45) is 5.73 Å². The van der Waals surface area contributed by atoms with Crippen molar-refractivity contribution in [2.45, 2.75) is 6.04 Å². The summed E-state index contributed by atoms with van der Waals surface area (Å²) in [7, 11) is 0. The van der Waals surface area contributed by atoms with E-state index in [2.05, 4.69) is 0 Å². The Morgan fingerprint density at radius 1 is 1.38 bits per heavy atom. The van der Waals surface area contributed by atoms with E-state index >= 15 is 0 Å². The highest BCUT2D eigenvalue weighted by Crippen LogP contribution is 2.31. The molecule has 72 valence electrons. The van der Waals surface area contributed by atoms with E-state index in [1.165, 1.54) is 6.07 Å². The number of nitrogens with two attached hydrogens (primary N) is 1. The van der Waals surface area contributed by atoms with Crippen LogP contribution in [0, 0.1) is 5.82 Å². The number of hydrogen-bond donors (Lipinski definition) is 4. The minimum absolute atomic E-state index is 0.0674. The van der Waals surface area contributed by atoms with E-state index in [1.807, 2.05) is 0 Å². The van der Waals surface area contributed by atoms with Crippen molar-refractivity contribution in [3.8, 4) is 11.5 Å². The fourth-order valence-electron chi connectivity index (χ4n) is 0.966. The van der Waals surface area contributed by atoms with E-state index in [9.17, 15) is 4.39 Å². The first-order valence-electron chi connectivity index (χ1n) is 3.64. The Bertz CT molecular complexity index is 317. The lowest BCUT2D eigenvalue weighted by atomic mass is 10.1. The Kier molecular flexibility index (Phi) is 2.69. The summed E-state index contributed by atoms with van der Waals surface area (Å²) in [5, 5.41) is 26.6. The molecule has 0 heterocycles. The number of aliphatic hydroxyl groups excluding tert-OH is 1. The first kappa shape index (κ1) is 9.76. The third-order valence-corrected chi connectivity index (χ3v) is 1.72. The normalized spacial score (nSPS) is 12.8. The molecular weight excluding hydrogens is 177 g/mol. The lowest BCUT2D eigenvalue weighted by molar-refractivity contribution is 0.263. The first-order chi connectivity index (χ1) is 6.07. The second-order valence-corrected chi connectivity index (χ2v) is 2.63. The number of phenolic OH excluding ortho intramolecular Hbond substituents is 2. The third kappa shape index (κ3) is 1.71. The monoisotopic (exact) mass is 187 g/mol. The number of rotatable bonds is 2. The highest BCUT2D eigenvalue weighted by Gasteiger charge is 2.16. The summed E-state index contributed by atoms with van der Waals surface area (Å²) in [6.07, 6.45) is 0. The van der Waals surface area contributed by atoms with Crippen LogP contribution in [0.2, 0.25) is 0 Å². The fraction of sp³-hybridized carbons (Fsp3) is 0.250. The summed E-state index contributed by atoms with van der Waals surface area (Å²) >= 11 is 0. The van der Waals surface area contributed by atoms with Gasteiger partial charge in [0, 0.05) is 5.56 Å². The minimum atomic E-state index is -1.12. The predicted molar refractivity (Wildman–Crippen MR) is 43.7 cm³/mol. The van der Waals surface area contributed by atoms with E-state index in [4.69, 9.17) is 21.1 Å². The van der Waals surface area contributed by atoms with Gasteiger partial charge in [-0.1, -0.05) is 0 Å². The molecule has 1 rings (SSSR count). The Morgan fingerprint density at radius 2 is 2.00 bits per heavy atom. The zero-order chi connectivity index (χ0) is 10.0. The molecule has 13 heavy (non-hydrogen) atoms. The summed E-state index contributed by atoms with van der Waals surface area (Å²) in [6, 6.07) is 1.48. The average molecular weight is 187 g/mol. The molecule has 0 amide bonds. The van der Waals surface area contributed by atoms with Gasteiger partial charge in [-0.3, -0.25) is 0 Å². The van der Waals surface area contributed by atoms with Crippen molar-refractivity contribution >= 4 is 0 Å². The molecule has 5 N–H and O–H groups in total. The van der Waals surface area contributed by atoms with Gasteiger partial charge in [0.2, 0.25) is 5.82 Å². The van der Waals surface area contributed by atoms with Gasteiger partial charge >= 0.3 is 0 Å². The lowest BCUT2D eigenvalue weighted by Crippen LogP contribution is -2.14. The molecule has 0 bridgehead atoms. The van der Waals surface area contributed by atoms with Gasteiger partial charge in [0.15, 0.2) is 11.5 Å². The highest BCUT2D eigenvalue weighted by molar-refractivity contribution is 5.42. The summed E-state index contributed by atoms with van der Waals surface area (Å²) in [5.41, 5.74) is 5.42. The molecule has 1 aromatic rings. The SMILES string of the molecule is NC(CO)c1ccc(O)c(F)c1O. The van der Waals surface area contributed by atoms with Crippen LogP contribution in [0.5, 0.6) is 11.5 Å². The van der Waals surface area contributed by atoms with Gasteiger partial charge in [0.05, 0.1) is 12.6 Å². The van der Waals surface area contributed by atoms with Crippen LogP contribution in [0.3, 0.4) is 0 Å². The maximum atomic E-state index is 12.9. The van der Waals surface area contributed by atoms with Crippen molar-refractivity contribution < 1.29 is 19.7 Å². The van der Waals surface area contributed by atoms with Crippen LogP contribution in [-0.4, -0.2) is 21.9 Å². The summed E-state index contributed by atoms with van der Waals surface area (Å²) in [6.45, 7) is -0.405. The summed E-state index contributed by atoms with van der Waals surface area (Å²) in [5.74, 6) is -2.49. The molecule has 0 spiro atoms. The topological polar surface area (TPSA) is 86.7 Å². The molecule has 0 radical (unpaired) electrons. The van der Waals surface area contributed by atoms with Gasteiger partial charge < -0.3 is 21.1 Å². The van der Waals surface area contributed by atoms with Gasteiger partial charge in [-0.2, -0.15) is 4.39 Å². The standard InChI is InChI=1S/C8H10FNO3/c9-7-6(12)2-1-4(8(7)13)5(10)3-11/h1-2,5,11-13H,3,10H2. The van der Waals surface area contributed by atoms with Crippen molar-refractivity contribution in [2.75, 3.05) is 6.61 Å². The Balaban J connectivity index is 3.18. The maximum Gasteiger partial charge on any atom is 0.206 e. The number of halogens is 1. The predicted octanol–water partition coefficient (Wildman–Crippen LogP) is 0.229. The van der Waals surface area contributed by atoms with Gasteiger partial charge in [-0.05, 0) is 12.1 Å². The number of benzene rings is 1. The van der Waals surface area contributed by atoms with Gasteiger partial charge in [0.1, 0.15) is 0 Å². The molecule has 0 fully saturated rings. The van der Waals surface area contributed by atoms with Crippen molar-refractivity contribution in [3.05, 3.63) is 23.5 Å². The Hall–Kier alpha value is -1.33. The molecular formula is C8H10FNO3. The van der Waals surface area contributed by atoms with Gasteiger partial charge in [-0.25, -0.2) is 0 Å². The lowest BCUT2D eigenvalue weighted by Gasteiger charge is -2.11. The molecule has 0 aliphatic carbocycles. The number of aromatic hydroxyl groups is 2. The van der Waals surface area contributed by atoms with E-state index in [0.29, 0.717) is 0 Å². The minimum Gasteiger partial charge on any atom is -0.505 e. The summed E-state index contributed by atoms with van der Waals surface area (Å²) < 4.78 is 12.9. The van der Waals surface area contributed by atoms with Gasteiger partial charge in [0.25, 0.3) is 0 Å². The second-order valence-electron chi connectivity index (χ2n) is 2.63. The van der Waals surface area contributed by atoms with Crippen LogP contribution in [0.4, 0.5) is 4.39 Å². The van der Waals surface area contributed by atoms with Gasteiger partial charge in [-0.15, -0.1) is 0 Å². The highest BCUT2D eigenvalue weighted by atomic mass is 19.1. The van der Waals surface area contributed by atoms with Crippen LogP contribution >= 0.6 is 0 Å². The molecule has 0 saturated heterocycles. The van der Waals surface area contributed by atoms with E-state index in [0.717, 1.165) is 6.07 Å². The largest absolute Gasteiger partial charge is 0.505 e. The molecule has 1 aromatic carbocycles. The average Bonchev–Trinajstić information content (AvgIpc) is 2.13.